The van der Waals surface area contributed by atoms with Crippen molar-refractivity contribution in [1.82, 2.24) is 15.5 Å². The molecule has 5 N–H and O–H groups in total. The minimum absolute atomic E-state index is 0.193. The molecular formula is C11H16N4O5. The Balaban J connectivity index is 2.62. The lowest BCUT2D eigenvalue weighted by Gasteiger charge is -2.14. The summed E-state index contributed by atoms with van der Waals surface area (Å²) in [6.07, 6.45) is -0.539. The number of carbonyl (C=O) groups is 3. The lowest BCUT2D eigenvalue weighted by Crippen LogP contribution is -2.43. The molecule has 110 valence electrons. The molecule has 0 saturated carbocycles. The van der Waals surface area contributed by atoms with E-state index in [-0.39, 0.29) is 12.8 Å². The van der Waals surface area contributed by atoms with Gasteiger partial charge in [-0.25, -0.2) is 9.59 Å². The summed E-state index contributed by atoms with van der Waals surface area (Å²) in [6, 6.07) is -1.99. The van der Waals surface area contributed by atoms with Gasteiger partial charge in [0.15, 0.2) is 0 Å². The minimum atomic E-state index is -1.29. The van der Waals surface area contributed by atoms with E-state index in [0.717, 1.165) is 0 Å². The summed E-state index contributed by atoms with van der Waals surface area (Å²) in [6.45, 7) is 3.38. The number of carboxylic acid groups (broad SMARTS) is 2. The fraction of sp³-hybridized carbons (Fsp3) is 0.455. The van der Waals surface area contributed by atoms with Crippen LogP contribution in [0.15, 0.2) is 0 Å². The van der Waals surface area contributed by atoms with Crippen LogP contribution in [0.1, 0.15) is 24.2 Å². The number of hydrogen-bond donors (Lipinski definition) is 5. The molecule has 2 amide bonds. The zero-order valence-corrected chi connectivity index (χ0v) is 11.1. The highest BCUT2D eigenvalue weighted by Gasteiger charge is 2.21. The first kappa shape index (κ1) is 15.5. The quantitative estimate of drug-likeness (QED) is 0.513. The van der Waals surface area contributed by atoms with Gasteiger partial charge in [-0.1, -0.05) is 0 Å². The standard InChI is InChI=1S/C11H16N4O5/c1-5-9(6(2)15-14-5)13-11(20)12-7(10(18)19)3-4-8(16)17/h7H,3-4H2,1-2H3,(H,14,15)(H,16,17)(H,18,19)(H2,12,13,20). The molecule has 1 heterocycles. The highest BCUT2D eigenvalue weighted by Crippen LogP contribution is 2.15. The van der Waals surface area contributed by atoms with E-state index in [1.165, 1.54) is 0 Å². The Morgan fingerprint density at radius 3 is 2.40 bits per heavy atom. The summed E-state index contributed by atoms with van der Waals surface area (Å²) >= 11 is 0. The van der Waals surface area contributed by atoms with Crippen LogP contribution in [0.5, 0.6) is 0 Å². The van der Waals surface area contributed by atoms with Crippen LogP contribution in [0.2, 0.25) is 0 Å². The van der Waals surface area contributed by atoms with Crippen molar-refractivity contribution in [3.05, 3.63) is 11.4 Å². The number of hydrogen-bond acceptors (Lipinski definition) is 4. The van der Waals surface area contributed by atoms with E-state index in [9.17, 15) is 14.4 Å². The van der Waals surface area contributed by atoms with Crippen LogP contribution in [0.3, 0.4) is 0 Å². The number of aromatic nitrogens is 2. The van der Waals surface area contributed by atoms with E-state index in [2.05, 4.69) is 20.8 Å². The van der Waals surface area contributed by atoms with E-state index in [1.54, 1.807) is 13.8 Å². The molecule has 0 saturated heterocycles. The molecule has 20 heavy (non-hydrogen) atoms. The summed E-state index contributed by atoms with van der Waals surface area (Å²) in [4.78, 5) is 33.1. The summed E-state index contributed by atoms with van der Waals surface area (Å²) in [5.41, 5.74) is 1.66. The van der Waals surface area contributed by atoms with Gasteiger partial charge in [0.2, 0.25) is 0 Å². The van der Waals surface area contributed by atoms with Gasteiger partial charge >= 0.3 is 18.0 Å². The first-order valence-corrected chi connectivity index (χ1v) is 5.85. The second kappa shape index (κ2) is 6.55. The number of carbonyl (C=O) groups excluding carboxylic acids is 1. The summed E-state index contributed by atoms with van der Waals surface area (Å²) in [5.74, 6) is -2.41. The average molecular weight is 284 g/mol. The van der Waals surface area contributed by atoms with Crippen LogP contribution >= 0.6 is 0 Å². The number of H-pyrrole nitrogens is 1. The van der Waals surface area contributed by atoms with Crippen molar-refractivity contribution in [2.24, 2.45) is 0 Å². The maximum Gasteiger partial charge on any atom is 0.326 e. The van der Waals surface area contributed by atoms with Crippen LogP contribution in [0.4, 0.5) is 10.5 Å². The van der Waals surface area contributed by atoms with Crippen molar-refractivity contribution < 1.29 is 24.6 Å². The summed E-state index contributed by atoms with van der Waals surface area (Å²) in [7, 11) is 0. The van der Waals surface area contributed by atoms with Gasteiger partial charge in [0, 0.05) is 6.42 Å². The first-order chi connectivity index (χ1) is 9.31. The average Bonchev–Trinajstić information content (AvgIpc) is 2.65. The number of rotatable bonds is 6. The van der Waals surface area contributed by atoms with E-state index in [1.807, 2.05) is 0 Å². The normalized spacial score (nSPS) is 11.7. The molecule has 1 rings (SSSR count). The Morgan fingerprint density at radius 2 is 1.95 bits per heavy atom. The van der Waals surface area contributed by atoms with Crippen LogP contribution in [-0.2, 0) is 9.59 Å². The Kier molecular flexibility index (Phi) is 5.07. The third kappa shape index (κ3) is 4.26. The van der Waals surface area contributed by atoms with Crippen molar-refractivity contribution in [2.45, 2.75) is 32.7 Å². The predicted octanol–water partition coefficient (Wildman–Crippen LogP) is 0.466. The van der Waals surface area contributed by atoms with Gasteiger partial charge in [-0.05, 0) is 20.3 Å². The highest BCUT2D eigenvalue weighted by atomic mass is 16.4. The highest BCUT2D eigenvalue weighted by molar-refractivity contribution is 5.93. The Bertz CT molecular complexity index is 505. The minimum Gasteiger partial charge on any atom is -0.481 e. The second-order valence-corrected chi connectivity index (χ2v) is 4.23. The molecule has 0 aliphatic carbocycles. The molecule has 0 aliphatic rings. The maximum absolute atomic E-state index is 11.7. The number of amides is 2. The smallest absolute Gasteiger partial charge is 0.326 e. The summed E-state index contributed by atoms with van der Waals surface area (Å²) < 4.78 is 0. The molecule has 0 aliphatic heterocycles. The Morgan fingerprint density at radius 1 is 1.30 bits per heavy atom. The molecular weight excluding hydrogens is 268 g/mol. The third-order valence-electron chi connectivity index (χ3n) is 2.62. The number of urea groups is 1. The Labute approximate surface area is 114 Å². The molecule has 9 heteroatoms. The molecule has 0 bridgehead atoms. The maximum atomic E-state index is 11.7. The molecule has 0 fully saturated rings. The molecule has 0 aromatic carbocycles. The number of aliphatic carboxylic acids is 2. The number of aromatic amines is 1. The van der Waals surface area contributed by atoms with Gasteiger partial charge in [0.05, 0.1) is 17.1 Å². The number of carboxylic acids is 2. The number of nitrogens with one attached hydrogen (secondary N) is 3. The number of anilines is 1. The van der Waals surface area contributed by atoms with Crippen molar-refractivity contribution in [3.8, 4) is 0 Å². The monoisotopic (exact) mass is 284 g/mol. The predicted molar refractivity (Wildman–Crippen MR) is 68.5 cm³/mol. The van der Waals surface area contributed by atoms with Gasteiger partial charge in [0.1, 0.15) is 6.04 Å². The summed E-state index contributed by atoms with van der Waals surface area (Å²) in [5, 5.41) is 28.7. The fourth-order valence-electron chi connectivity index (χ4n) is 1.57. The molecule has 0 spiro atoms. The largest absolute Gasteiger partial charge is 0.481 e. The van der Waals surface area contributed by atoms with Gasteiger partial charge in [-0.15, -0.1) is 0 Å². The molecule has 1 aromatic heterocycles. The van der Waals surface area contributed by atoms with Gasteiger partial charge in [0.25, 0.3) is 0 Å². The van der Waals surface area contributed by atoms with Crippen molar-refractivity contribution in [2.75, 3.05) is 5.32 Å². The molecule has 1 aromatic rings. The van der Waals surface area contributed by atoms with E-state index in [4.69, 9.17) is 10.2 Å². The van der Waals surface area contributed by atoms with E-state index >= 15 is 0 Å². The van der Waals surface area contributed by atoms with Gasteiger partial charge in [-0.2, -0.15) is 5.10 Å². The van der Waals surface area contributed by atoms with Crippen LogP contribution < -0.4 is 10.6 Å². The van der Waals surface area contributed by atoms with E-state index in [0.29, 0.717) is 17.1 Å². The SMILES string of the molecule is Cc1n[nH]c(C)c1NC(=O)NC(CCC(=O)O)C(=O)O. The van der Waals surface area contributed by atoms with Crippen LogP contribution in [0.25, 0.3) is 0 Å². The van der Waals surface area contributed by atoms with Crippen molar-refractivity contribution in [1.29, 1.82) is 0 Å². The molecule has 9 nitrogen and oxygen atoms in total. The van der Waals surface area contributed by atoms with E-state index < -0.39 is 24.0 Å². The number of nitrogens with zero attached hydrogens (tertiary/aromatic N) is 1. The first-order valence-electron chi connectivity index (χ1n) is 5.85. The van der Waals surface area contributed by atoms with Crippen LogP contribution in [0, 0.1) is 13.8 Å². The van der Waals surface area contributed by atoms with Gasteiger partial charge < -0.3 is 20.8 Å². The van der Waals surface area contributed by atoms with Crippen molar-refractivity contribution >= 4 is 23.7 Å². The Hall–Kier alpha value is -2.58. The lowest BCUT2D eigenvalue weighted by atomic mass is 10.1. The molecule has 0 radical (unpaired) electrons. The second-order valence-electron chi connectivity index (χ2n) is 4.23. The third-order valence-corrected chi connectivity index (χ3v) is 2.62. The fourth-order valence-corrected chi connectivity index (χ4v) is 1.57. The molecule has 1 atom stereocenters. The number of aryl methyl sites for hydroxylation is 2. The van der Waals surface area contributed by atoms with Crippen LogP contribution in [-0.4, -0.2) is 44.4 Å². The van der Waals surface area contributed by atoms with Crippen molar-refractivity contribution in [3.63, 3.8) is 0 Å². The zero-order valence-electron chi connectivity index (χ0n) is 11.1. The molecule has 1 unspecified atom stereocenters. The lowest BCUT2D eigenvalue weighted by molar-refractivity contribution is -0.140. The van der Waals surface area contributed by atoms with Gasteiger partial charge in [-0.3, -0.25) is 9.89 Å². The zero-order chi connectivity index (χ0) is 15.3. The topological polar surface area (TPSA) is 144 Å².